The van der Waals surface area contributed by atoms with Crippen molar-refractivity contribution in [1.29, 1.82) is 0 Å². The smallest absolute Gasteiger partial charge is 0.335 e. The largest absolute Gasteiger partial charge is 0.478 e. The fourth-order valence-corrected chi connectivity index (χ4v) is 2.26. The number of furan rings is 1. The van der Waals surface area contributed by atoms with Crippen molar-refractivity contribution in [2.75, 3.05) is 0 Å². The summed E-state index contributed by atoms with van der Waals surface area (Å²) in [6, 6.07) is 8.20. The molecule has 1 aromatic carbocycles. The van der Waals surface area contributed by atoms with Crippen LogP contribution < -0.4 is 0 Å². The van der Waals surface area contributed by atoms with E-state index in [0.29, 0.717) is 17.9 Å². The van der Waals surface area contributed by atoms with Gasteiger partial charge in [0.05, 0.1) is 18.4 Å². The maximum absolute atomic E-state index is 12.7. The van der Waals surface area contributed by atoms with Crippen molar-refractivity contribution in [2.24, 2.45) is 0 Å². The van der Waals surface area contributed by atoms with Crippen LogP contribution in [0.4, 0.5) is 0 Å². The predicted molar refractivity (Wildman–Crippen MR) is 81.9 cm³/mol. The fraction of sp³-hybridized carbons (Fsp3) is 0.294. The van der Waals surface area contributed by atoms with Gasteiger partial charge in [-0.25, -0.2) is 4.79 Å². The summed E-state index contributed by atoms with van der Waals surface area (Å²) in [7, 11) is 0. The molecule has 1 N–H and O–H groups in total. The number of carboxylic acid groups (broad SMARTS) is 1. The van der Waals surface area contributed by atoms with Crippen molar-refractivity contribution in [3.8, 4) is 0 Å². The Balaban J connectivity index is 2.32. The lowest BCUT2D eigenvalue weighted by atomic mass is 10.0. The first-order chi connectivity index (χ1) is 10.4. The Morgan fingerprint density at radius 2 is 1.91 bits per heavy atom. The quantitative estimate of drug-likeness (QED) is 0.919. The summed E-state index contributed by atoms with van der Waals surface area (Å²) < 4.78 is 5.30. The second-order valence-corrected chi connectivity index (χ2v) is 5.50. The molecule has 1 heterocycles. The van der Waals surface area contributed by atoms with Gasteiger partial charge in [-0.3, -0.25) is 4.79 Å². The molecule has 0 saturated carbocycles. The van der Waals surface area contributed by atoms with E-state index < -0.39 is 5.97 Å². The third-order valence-electron chi connectivity index (χ3n) is 3.36. The number of carboxylic acids is 1. The first-order valence-corrected chi connectivity index (χ1v) is 7.07. The molecular formula is C17H19NO4. The summed E-state index contributed by atoms with van der Waals surface area (Å²) in [5.74, 6) is -0.564. The molecule has 0 spiro atoms. The van der Waals surface area contributed by atoms with Crippen molar-refractivity contribution in [3.05, 3.63) is 59.0 Å². The van der Waals surface area contributed by atoms with Gasteiger partial charge >= 0.3 is 5.97 Å². The Morgan fingerprint density at radius 1 is 1.23 bits per heavy atom. The zero-order valence-corrected chi connectivity index (χ0v) is 12.9. The number of aryl methyl sites for hydroxylation is 1. The SMILES string of the molecule is Cc1cc(C(=O)O)cc(C(=O)N(Cc2ccco2)C(C)C)c1. The Hall–Kier alpha value is -2.56. The van der Waals surface area contributed by atoms with Gasteiger partial charge in [-0.05, 0) is 56.7 Å². The van der Waals surface area contributed by atoms with E-state index in [4.69, 9.17) is 9.52 Å². The molecule has 0 saturated heterocycles. The maximum Gasteiger partial charge on any atom is 0.335 e. The summed E-state index contributed by atoms with van der Waals surface area (Å²) in [6.07, 6.45) is 1.56. The van der Waals surface area contributed by atoms with E-state index in [1.165, 1.54) is 6.07 Å². The molecule has 0 aliphatic rings. The molecule has 116 valence electrons. The highest BCUT2D eigenvalue weighted by molar-refractivity contribution is 5.98. The van der Waals surface area contributed by atoms with Crippen LogP contribution >= 0.6 is 0 Å². The Morgan fingerprint density at radius 3 is 2.45 bits per heavy atom. The highest BCUT2D eigenvalue weighted by Crippen LogP contribution is 2.17. The zero-order valence-electron chi connectivity index (χ0n) is 12.9. The number of nitrogens with zero attached hydrogens (tertiary/aromatic N) is 1. The topological polar surface area (TPSA) is 70.8 Å². The predicted octanol–water partition coefficient (Wildman–Crippen LogP) is 3.34. The zero-order chi connectivity index (χ0) is 16.3. The molecular weight excluding hydrogens is 282 g/mol. The molecule has 0 bridgehead atoms. The number of amides is 1. The van der Waals surface area contributed by atoms with Crippen molar-refractivity contribution in [2.45, 2.75) is 33.4 Å². The van der Waals surface area contributed by atoms with Gasteiger partial charge < -0.3 is 14.4 Å². The Kier molecular flexibility index (Phi) is 4.65. The van der Waals surface area contributed by atoms with Crippen LogP contribution in [0.25, 0.3) is 0 Å². The van der Waals surface area contributed by atoms with Gasteiger partial charge in [0.2, 0.25) is 0 Å². The number of carbonyl (C=O) groups is 2. The second-order valence-electron chi connectivity index (χ2n) is 5.50. The van der Waals surface area contributed by atoms with Gasteiger partial charge in [-0.1, -0.05) is 0 Å². The minimum atomic E-state index is -1.04. The van der Waals surface area contributed by atoms with Crippen molar-refractivity contribution < 1.29 is 19.1 Å². The molecule has 2 aromatic rings. The molecule has 0 unspecified atom stereocenters. The van der Waals surface area contributed by atoms with E-state index in [-0.39, 0.29) is 17.5 Å². The summed E-state index contributed by atoms with van der Waals surface area (Å²) in [4.78, 5) is 25.5. The summed E-state index contributed by atoms with van der Waals surface area (Å²) in [5, 5.41) is 9.13. The number of carbonyl (C=O) groups excluding carboxylic acids is 1. The van der Waals surface area contributed by atoms with Gasteiger partial charge in [0, 0.05) is 11.6 Å². The standard InChI is InChI=1S/C17H19NO4/c1-11(2)18(10-15-5-4-6-22-15)16(19)13-7-12(3)8-14(9-13)17(20)21/h4-9,11H,10H2,1-3H3,(H,20,21). The minimum absolute atomic E-state index is 0.0357. The molecule has 0 atom stereocenters. The Bertz CT molecular complexity index is 674. The molecule has 5 nitrogen and oxygen atoms in total. The fourth-order valence-electron chi connectivity index (χ4n) is 2.26. The molecule has 1 aromatic heterocycles. The number of benzene rings is 1. The first kappa shape index (κ1) is 15.8. The highest BCUT2D eigenvalue weighted by atomic mass is 16.4. The number of hydrogen-bond acceptors (Lipinski definition) is 3. The van der Waals surface area contributed by atoms with Crippen molar-refractivity contribution in [1.82, 2.24) is 4.90 Å². The molecule has 0 fully saturated rings. The average Bonchev–Trinajstić information content (AvgIpc) is 2.96. The van der Waals surface area contributed by atoms with Crippen LogP contribution in [-0.4, -0.2) is 27.9 Å². The first-order valence-electron chi connectivity index (χ1n) is 7.07. The van der Waals surface area contributed by atoms with E-state index >= 15 is 0 Å². The lowest BCUT2D eigenvalue weighted by Gasteiger charge is -2.26. The van der Waals surface area contributed by atoms with Crippen LogP contribution in [0.2, 0.25) is 0 Å². The van der Waals surface area contributed by atoms with Crippen LogP contribution in [0.15, 0.2) is 41.0 Å². The molecule has 0 radical (unpaired) electrons. The third kappa shape index (κ3) is 3.55. The monoisotopic (exact) mass is 301 g/mol. The molecule has 0 aliphatic carbocycles. The van der Waals surface area contributed by atoms with Crippen molar-refractivity contribution in [3.63, 3.8) is 0 Å². The van der Waals surface area contributed by atoms with Crippen molar-refractivity contribution >= 4 is 11.9 Å². The van der Waals surface area contributed by atoms with Gasteiger partial charge in [-0.15, -0.1) is 0 Å². The molecule has 5 heteroatoms. The molecule has 1 amide bonds. The number of aromatic carboxylic acids is 1. The lowest BCUT2D eigenvalue weighted by molar-refractivity contribution is 0.0676. The molecule has 22 heavy (non-hydrogen) atoms. The average molecular weight is 301 g/mol. The minimum Gasteiger partial charge on any atom is -0.478 e. The van der Waals surface area contributed by atoms with Gasteiger partial charge in [0.25, 0.3) is 5.91 Å². The number of rotatable bonds is 5. The molecule has 0 aliphatic heterocycles. The van der Waals surface area contributed by atoms with E-state index in [9.17, 15) is 9.59 Å². The Labute approximate surface area is 129 Å². The van der Waals surface area contributed by atoms with E-state index in [1.807, 2.05) is 19.9 Å². The van der Waals surface area contributed by atoms with Gasteiger partial charge in [0.15, 0.2) is 0 Å². The van der Waals surface area contributed by atoms with Crippen LogP contribution in [0.3, 0.4) is 0 Å². The van der Waals surface area contributed by atoms with E-state index in [1.54, 1.807) is 36.3 Å². The van der Waals surface area contributed by atoms with Crippen LogP contribution in [0, 0.1) is 6.92 Å². The van der Waals surface area contributed by atoms with Crippen LogP contribution in [-0.2, 0) is 6.54 Å². The normalized spacial score (nSPS) is 10.7. The summed E-state index contributed by atoms with van der Waals surface area (Å²) in [5.41, 5.74) is 1.23. The van der Waals surface area contributed by atoms with Gasteiger partial charge in [-0.2, -0.15) is 0 Å². The highest BCUT2D eigenvalue weighted by Gasteiger charge is 2.21. The number of hydrogen-bond donors (Lipinski definition) is 1. The van der Waals surface area contributed by atoms with Gasteiger partial charge in [0.1, 0.15) is 5.76 Å². The molecule has 2 rings (SSSR count). The van der Waals surface area contributed by atoms with E-state index in [2.05, 4.69) is 0 Å². The summed E-state index contributed by atoms with van der Waals surface area (Å²) in [6.45, 7) is 5.94. The van der Waals surface area contributed by atoms with Crippen LogP contribution in [0.1, 0.15) is 45.9 Å². The van der Waals surface area contributed by atoms with Crippen LogP contribution in [0.5, 0.6) is 0 Å². The third-order valence-corrected chi connectivity index (χ3v) is 3.36. The second kappa shape index (κ2) is 6.47. The summed E-state index contributed by atoms with van der Waals surface area (Å²) >= 11 is 0. The van der Waals surface area contributed by atoms with E-state index in [0.717, 1.165) is 5.56 Å². The maximum atomic E-state index is 12.7. The lowest BCUT2D eigenvalue weighted by Crippen LogP contribution is -2.36.